The molecule has 0 saturated carbocycles. The van der Waals surface area contributed by atoms with E-state index in [1.807, 2.05) is 6.07 Å². The molecule has 0 saturated heterocycles. The number of amides is 2. The second-order valence-corrected chi connectivity index (χ2v) is 6.24. The van der Waals surface area contributed by atoms with Crippen molar-refractivity contribution >= 4 is 18.0 Å². The molecule has 1 aromatic rings. The molecule has 0 aliphatic rings. The summed E-state index contributed by atoms with van der Waals surface area (Å²) in [6, 6.07) is 8.97. The largest absolute Gasteiger partial charge is 0.478 e. The third kappa shape index (κ3) is 6.82. The Morgan fingerprint density at radius 1 is 1.04 bits per heavy atom. The third-order valence-corrected chi connectivity index (χ3v) is 3.74. The lowest BCUT2D eigenvalue weighted by Gasteiger charge is -2.24. The number of aliphatic carboxylic acids is 1. The maximum Gasteiger partial charge on any atom is 0.410 e. The Hall–Kier alpha value is -2.57. The van der Waals surface area contributed by atoms with Crippen molar-refractivity contribution in [1.29, 1.82) is 0 Å². The van der Waals surface area contributed by atoms with Crippen LogP contribution in [0.5, 0.6) is 0 Å². The van der Waals surface area contributed by atoms with Crippen LogP contribution in [-0.2, 0) is 20.7 Å². The van der Waals surface area contributed by atoms with Crippen LogP contribution in [-0.4, -0.2) is 66.2 Å². The van der Waals surface area contributed by atoms with Crippen LogP contribution in [0.3, 0.4) is 0 Å². The Kier molecular flexibility index (Phi) is 7.91. The molecule has 0 spiro atoms. The molecule has 2 amide bonds. The molecule has 1 rings (SSSR count). The minimum atomic E-state index is -1.26. The maximum atomic E-state index is 12.1. The number of hydrogen-bond donors (Lipinski definition) is 1. The summed E-state index contributed by atoms with van der Waals surface area (Å²) in [5, 5.41) is 9.27. The summed E-state index contributed by atoms with van der Waals surface area (Å²) in [7, 11) is 3.18. The van der Waals surface area contributed by atoms with Gasteiger partial charge in [0.25, 0.3) is 0 Å². The summed E-state index contributed by atoms with van der Waals surface area (Å²) in [5.74, 6) is -1.34. The molecule has 138 valence electrons. The number of ether oxygens (including phenoxy) is 1. The smallest absolute Gasteiger partial charge is 0.410 e. The van der Waals surface area contributed by atoms with E-state index in [0.717, 1.165) is 5.56 Å². The number of carbonyl (C=O) groups excluding carboxylic acids is 2. The first-order valence-corrected chi connectivity index (χ1v) is 8.15. The van der Waals surface area contributed by atoms with Crippen LogP contribution in [0.4, 0.5) is 4.79 Å². The van der Waals surface area contributed by atoms with Gasteiger partial charge in [0.15, 0.2) is 0 Å². The Labute approximate surface area is 148 Å². The second kappa shape index (κ2) is 9.66. The van der Waals surface area contributed by atoms with Crippen molar-refractivity contribution in [2.45, 2.75) is 26.4 Å². The lowest BCUT2D eigenvalue weighted by atomic mass is 10.1. The average molecular weight is 350 g/mol. The van der Waals surface area contributed by atoms with E-state index < -0.39 is 18.2 Å². The van der Waals surface area contributed by atoms with E-state index in [1.165, 1.54) is 16.8 Å². The third-order valence-electron chi connectivity index (χ3n) is 3.74. The number of carbonyl (C=O) groups is 3. The van der Waals surface area contributed by atoms with E-state index in [-0.39, 0.29) is 24.8 Å². The predicted octanol–water partition coefficient (Wildman–Crippen LogP) is 1.87. The molecule has 0 aliphatic carbocycles. The summed E-state index contributed by atoms with van der Waals surface area (Å²) < 4.78 is 5.10. The van der Waals surface area contributed by atoms with Gasteiger partial charge in [-0.1, -0.05) is 44.2 Å². The van der Waals surface area contributed by atoms with Crippen molar-refractivity contribution in [2.24, 2.45) is 5.92 Å². The zero-order chi connectivity index (χ0) is 19.0. The molecule has 0 bridgehead atoms. The summed E-state index contributed by atoms with van der Waals surface area (Å²) >= 11 is 0. The highest BCUT2D eigenvalue weighted by atomic mass is 16.6. The highest BCUT2D eigenvalue weighted by Crippen LogP contribution is 2.08. The van der Waals surface area contributed by atoms with E-state index in [9.17, 15) is 19.5 Å². The van der Waals surface area contributed by atoms with E-state index in [1.54, 1.807) is 45.2 Å². The fraction of sp³-hybridized carbons (Fsp3) is 0.500. The van der Waals surface area contributed by atoms with Gasteiger partial charge in [0, 0.05) is 39.5 Å². The Morgan fingerprint density at radius 2 is 1.60 bits per heavy atom. The SMILES string of the molecule is CC(C)C(=O)N(C)CCN(C)C(=O)OC(Cc1ccccc1)C(=O)O. The molecule has 7 heteroatoms. The topological polar surface area (TPSA) is 87.2 Å². The number of hydrogen-bond acceptors (Lipinski definition) is 4. The fourth-order valence-corrected chi connectivity index (χ4v) is 2.16. The minimum Gasteiger partial charge on any atom is -0.478 e. The summed E-state index contributed by atoms with van der Waals surface area (Å²) in [6.45, 7) is 4.21. The number of benzene rings is 1. The van der Waals surface area contributed by atoms with Gasteiger partial charge in [0.05, 0.1) is 0 Å². The second-order valence-electron chi connectivity index (χ2n) is 6.24. The first kappa shape index (κ1) is 20.5. The monoisotopic (exact) mass is 350 g/mol. The lowest BCUT2D eigenvalue weighted by Crippen LogP contribution is -2.41. The van der Waals surface area contributed by atoms with Gasteiger partial charge in [-0.05, 0) is 5.56 Å². The number of likely N-dealkylation sites (N-methyl/N-ethyl adjacent to an activating group) is 2. The summed E-state index contributed by atoms with van der Waals surface area (Å²) in [6.07, 6.45) is -1.89. The minimum absolute atomic E-state index is 0.0192. The molecule has 0 radical (unpaired) electrons. The lowest BCUT2D eigenvalue weighted by molar-refractivity contribution is -0.147. The van der Waals surface area contributed by atoms with Crippen LogP contribution in [0.1, 0.15) is 19.4 Å². The van der Waals surface area contributed by atoms with Crippen molar-refractivity contribution in [3.63, 3.8) is 0 Å². The Bertz CT molecular complexity index is 588. The van der Waals surface area contributed by atoms with E-state index in [2.05, 4.69) is 0 Å². The predicted molar refractivity (Wildman–Crippen MR) is 93.2 cm³/mol. The standard InChI is InChI=1S/C18H26N2O5/c1-13(2)16(21)19(3)10-11-20(4)18(24)25-15(17(22)23)12-14-8-6-5-7-9-14/h5-9,13,15H,10-12H2,1-4H3,(H,22,23). The van der Waals surface area contributed by atoms with Crippen LogP contribution < -0.4 is 0 Å². The van der Waals surface area contributed by atoms with Gasteiger partial charge >= 0.3 is 12.1 Å². The molecule has 0 aromatic heterocycles. The van der Waals surface area contributed by atoms with Gasteiger partial charge in [0.1, 0.15) is 0 Å². The zero-order valence-corrected chi connectivity index (χ0v) is 15.1. The molecule has 1 N–H and O–H groups in total. The first-order valence-electron chi connectivity index (χ1n) is 8.15. The van der Waals surface area contributed by atoms with Gasteiger partial charge in [0.2, 0.25) is 12.0 Å². The Morgan fingerprint density at radius 3 is 2.12 bits per heavy atom. The molecule has 0 fully saturated rings. The highest BCUT2D eigenvalue weighted by Gasteiger charge is 2.25. The average Bonchev–Trinajstić information content (AvgIpc) is 2.58. The van der Waals surface area contributed by atoms with Crippen molar-refractivity contribution in [3.05, 3.63) is 35.9 Å². The molecule has 0 aliphatic heterocycles. The van der Waals surface area contributed by atoms with Crippen molar-refractivity contribution in [2.75, 3.05) is 27.2 Å². The maximum absolute atomic E-state index is 12.1. The van der Waals surface area contributed by atoms with Crippen LogP contribution in [0.25, 0.3) is 0 Å². The molecule has 7 nitrogen and oxygen atoms in total. The fourth-order valence-electron chi connectivity index (χ4n) is 2.16. The number of nitrogens with zero attached hydrogens (tertiary/aromatic N) is 2. The zero-order valence-electron chi connectivity index (χ0n) is 15.1. The van der Waals surface area contributed by atoms with E-state index in [0.29, 0.717) is 6.54 Å². The van der Waals surface area contributed by atoms with Crippen LogP contribution in [0.15, 0.2) is 30.3 Å². The molecule has 25 heavy (non-hydrogen) atoms. The van der Waals surface area contributed by atoms with Crippen molar-refractivity contribution in [1.82, 2.24) is 9.80 Å². The molecule has 1 unspecified atom stereocenters. The molecular formula is C18H26N2O5. The van der Waals surface area contributed by atoms with E-state index in [4.69, 9.17) is 4.74 Å². The summed E-state index contributed by atoms with van der Waals surface area (Å²) in [4.78, 5) is 38.1. The number of rotatable bonds is 8. The quantitative estimate of drug-likeness (QED) is 0.773. The summed E-state index contributed by atoms with van der Waals surface area (Å²) in [5.41, 5.74) is 0.771. The van der Waals surface area contributed by atoms with Crippen LogP contribution >= 0.6 is 0 Å². The highest BCUT2D eigenvalue weighted by molar-refractivity contribution is 5.78. The molecule has 0 heterocycles. The van der Waals surface area contributed by atoms with Gasteiger partial charge in [-0.25, -0.2) is 9.59 Å². The molecule has 1 atom stereocenters. The van der Waals surface area contributed by atoms with Gasteiger partial charge in [-0.3, -0.25) is 4.79 Å². The van der Waals surface area contributed by atoms with Gasteiger partial charge in [-0.15, -0.1) is 0 Å². The van der Waals surface area contributed by atoms with Crippen LogP contribution in [0, 0.1) is 5.92 Å². The van der Waals surface area contributed by atoms with E-state index >= 15 is 0 Å². The number of carboxylic acid groups (broad SMARTS) is 1. The Balaban J connectivity index is 2.56. The van der Waals surface area contributed by atoms with Crippen molar-refractivity contribution in [3.8, 4) is 0 Å². The van der Waals surface area contributed by atoms with Crippen LogP contribution in [0.2, 0.25) is 0 Å². The van der Waals surface area contributed by atoms with Gasteiger partial charge in [-0.2, -0.15) is 0 Å². The first-order chi connectivity index (χ1) is 11.7. The number of carboxylic acids is 1. The molecule has 1 aromatic carbocycles. The van der Waals surface area contributed by atoms with Crippen molar-refractivity contribution < 1.29 is 24.2 Å². The van der Waals surface area contributed by atoms with Gasteiger partial charge < -0.3 is 19.6 Å². The normalized spacial score (nSPS) is 11.7. The molecular weight excluding hydrogens is 324 g/mol.